The van der Waals surface area contributed by atoms with Gasteiger partial charge in [0.05, 0.1) is 4.90 Å². The van der Waals surface area contributed by atoms with Gasteiger partial charge in [0, 0.05) is 4.47 Å². The van der Waals surface area contributed by atoms with E-state index in [0.29, 0.717) is 0 Å². The van der Waals surface area contributed by atoms with Gasteiger partial charge in [-0.15, -0.1) is 0 Å². The van der Waals surface area contributed by atoms with Crippen LogP contribution in [0.4, 0.5) is 0 Å². The number of aryl methyl sites for hydroxylation is 1. The summed E-state index contributed by atoms with van der Waals surface area (Å²) in [5.41, 5.74) is 2.88. The molecule has 2 aromatic rings. The lowest BCUT2D eigenvalue weighted by molar-refractivity contribution is 0.598. The second kappa shape index (κ2) is 4.84. The number of rotatable bonds is 2. The minimum Gasteiger partial charge on any atom is -0.225 e. The molecule has 0 aromatic heterocycles. The number of primary sulfonamides is 1. The van der Waals surface area contributed by atoms with Gasteiger partial charge in [0.25, 0.3) is 0 Å². The number of hydrogen-bond donors (Lipinski definition) is 1. The van der Waals surface area contributed by atoms with E-state index < -0.39 is 10.0 Å². The van der Waals surface area contributed by atoms with E-state index in [0.717, 1.165) is 21.2 Å². The highest BCUT2D eigenvalue weighted by molar-refractivity contribution is 9.10. The van der Waals surface area contributed by atoms with Crippen molar-refractivity contribution in [2.45, 2.75) is 11.8 Å². The third kappa shape index (κ3) is 2.80. The molecule has 0 unspecified atom stereocenters. The molecule has 2 aromatic carbocycles. The quantitative estimate of drug-likeness (QED) is 0.922. The summed E-state index contributed by atoms with van der Waals surface area (Å²) in [5, 5.41) is 5.13. The summed E-state index contributed by atoms with van der Waals surface area (Å²) >= 11 is 3.48. The molecule has 0 bridgehead atoms. The molecular weight excluding hydrogens is 314 g/mol. The van der Waals surface area contributed by atoms with Gasteiger partial charge < -0.3 is 0 Å². The van der Waals surface area contributed by atoms with Gasteiger partial charge in [0.15, 0.2) is 0 Å². The van der Waals surface area contributed by atoms with Crippen LogP contribution >= 0.6 is 15.9 Å². The van der Waals surface area contributed by atoms with Gasteiger partial charge in [-0.25, -0.2) is 13.6 Å². The fourth-order valence-electron chi connectivity index (χ4n) is 1.69. The highest BCUT2D eigenvalue weighted by Crippen LogP contribution is 2.30. The molecule has 0 saturated heterocycles. The Morgan fingerprint density at radius 1 is 1.11 bits per heavy atom. The van der Waals surface area contributed by atoms with Crippen molar-refractivity contribution in [1.29, 1.82) is 0 Å². The number of benzene rings is 2. The van der Waals surface area contributed by atoms with Crippen LogP contribution in [-0.4, -0.2) is 8.42 Å². The summed E-state index contributed by atoms with van der Waals surface area (Å²) in [7, 11) is -3.67. The van der Waals surface area contributed by atoms with Gasteiger partial charge in [-0.05, 0) is 41.8 Å². The molecule has 0 atom stereocenters. The maximum atomic E-state index is 11.3. The van der Waals surface area contributed by atoms with Gasteiger partial charge in [-0.3, -0.25) is 0 Å². The molecule has 5 heteroatoms. The lowest BCUT2D eigenvalue weighted by atomic mass is 10.0. The van der Waals surface area contributed by atoms with Crippen molar-refractivity contribution in [2.24, 2.45) is 5.14 Å². The van der Waals surface area contributed by atoms with Crippen LogP contribution in [0.15, 0.2) is 51.8 Å². The molecule has 3 nitrogen and oxygen atoms in total. The minimum absolute atomic E-state index is 0.118. The third-order valence-electron chi connectivity index (χ3n) is 2.60. The molecule has 0 spiro atoms. The van der Waals surface area contributed by atoms with Crippen molar-refractivity contribution >= 4 is 26.0 Å². The van der Waals surface area contributed by atoms with Crippen LogP contribution in [0.3, 0.4) is 0 Å². The first-order valence-corrected chi connectivity index (χ1v) is 7.61. The molecule has 0 aliphatic rings. The molecular formula is C13H12BrNO2S. The summed E-state index contributed by atoms with van der Waals surface area (Å²) in [4.78, 5) is 0.118. The molecule has 0 heterocycles. The summed E-state index contributed by atoms with van der Waals surface area (Å²) in [5.74, 6) is 0. The normalized spacial score (nSPS) is 11.5. The number of sulfonamides is 1. The first-order valence-electron chi connectivity index (χ1n) is 5.27. The first-order chi connectivity index (χ1) is 8.38. The molecule has 0 fully saturated rings. The second-order valence-electron chi connectivity index (χ2n) is 4.06. The molecule has 0 radical (unpaired) electrons. The van der Waals surface area contributed by atoms with Gasteiger partial charge in [0.2, 0.25) is 10.0 Å². The molecule has 18 heavy (non-hydrogen) atoms. The Hall–Kier alpha value is -1.17. The minimum atomic E-state index is -3.67. The monoisotopic (exact) mass is 325 g/mol. The van der Waals surface area contributed by atoms with Crippen molar-refractivity contribution in [1.82, 2.24) is 0 Å². The third-order valence-corrected chi connectivity index (χ3v) is 4.17. The van der Waals surface area contributed by atoms with Crippen LogP contribution in [0, 0.1) is 6.92 Å². The van der Waals surface area contributed by atoms with Crippen LogP contribution in [0.2, 0.25) is 0 Å². The van der Waals surface area contributed by atoms with E-state index in [2.05, 4.69) is 15.9 Å². The van der Waals surface area contributed by atoms with Gasteiger partial charge in [-0.1, -0.05) is 40.2 Å². The van der Waals surface area contributed by atoms with Gasteiger partial charge in [0.1, 0.15) is 0 Å². The maximum absolute atomic E-state index is 11.3. The lowest BCUT2D eigenvalue weighted by Gasteiger charge is -2.07. The fraction of sp³-hybridized carbons (Fsp3) is 0.0769. The fourth-order valence-corrected chi connectivity index (χ4v) is 2.98. The SMILES string of the molecule is Cc1ccc(-c2cccc(S(N)(=O)=O)c2)c(Br)c1. The van der Waals surface area contributed by atoms with Crippen LogP contribution in [0.5, 0.6) is 0 Å². The molecule has 2 N–H and O–H groups in total. The Balaban J connectivity index is 2.58. The highest BCUT2D eigenvalue weighted by Gasteiger charge is 2.10. The van der Waals surface area contributed by atoms with Crippen LogP contribution in [-0.2, 0) is 10.0 Å². The van der Waals surface area contributed by atoms with Crippen molar-refractivity contribution in [2.75, 3.05) is 0 Å². The van der Waals surface area contributed by atoms with E-state index in [1.807, 2.05) is 31.2 Å². The zero-order valence-corrected chi connectivity index (χ0v) is 12.1. The van der Waals surface area contributed by atoms with E-state index in [-0.39, 0.29) is 4.90 Å². The van der Waals surface area contributed by atoms with E-state index >= 15 is 0 Å². The highest BCUT2D eigenvalue weighted by atomic mass is 79.9. The summed E-state index contributed by atoms with van der Waals surface area (Å²) in [6.07, 6.45) is 0. The second-order valence-corrected chi connectivity index (χ2v) is 6.47. The number of halogens is 1. The summed E-state index contributed by atoms with van der Waals surface area (Å²) in [6.45, 7) is 2.00. The Labute approximate surface area is 115 Å². The zero-order valence-electron chi connectivity index (χ0n) is 9.72. The maximum Gasteiger partial charge on any atom is 0.238 e. The molecule has 0 saturated carbocycles. The van der Waals surface area contributed by atoms with E-state index in [1.54, 1.807) is 12.1 Å². The molecule has 0 amide bonds. The number of hydrogen-bond acceptors (Lipinski definition) is 2. The number of nitrogens with two attached hydrogens (primary N) is 1. The van der Waals surface area contributed by atoms with Crippen molar-refractivity contribution < 1.29 is 8.42 Å². The smallest absolute Gasteiger partial charge is 0.225 e. The Kier molecular flexibility index (Phi) is 3.56. The van der Waals surface area contributed by atoms with Crippen molar-refractivity contribution in [3.63, 3.8) is 0 Å². The predicted octanol–water partition coefficient (Wildman–Crippen LogP) is 3.07. The van der Waals surface area contributed by atoms with E-state index in [9.17, 15) is 8.42 Å². The Morgan fingerprint density at radius 2 is 1.83 bits per heavy atom. The Morgan fingerprint density at radius 3 is 2.44 bits per heavy atom. The summed E-state index contributed by atoms with van der Waals surface area (Å²) < 4.78 is 23.6. The van der Waals surface area contributed by atoms with Crippen LogP contribution < -0.4 is 5.14 Å². The largest absolute Gasteiger partial charge is 0.238 e. The van der Waals surface area contributed by atoms with Crippen molar-refractivity contribution in [3.05, 3.63) is 52.5 Å². The predicted molar refractivity (Wildman–Crippen MR) is 75.7 cm³/mol. The molecule has 0 aliphatic carbocycles. The molecule has 2 rings (SSSR count). The van der Waals surface area contributed by atoms with Crippen LogP contribution in [0.1, 0.15) is 5.56 Å². The standard InChI is InChI=1S/C13H12BrNO2S/c1-9-5-6-12(13(14)7-9)10-3-2-4-11(8-10)18(15,16)17/h2-8H,1H3,(H2,15,16,17). The topological polar surface area (TPSA) is 60.2 Å². The average Bonchev–Trinajstić information content (AvgIpc) is 2.28. The lowest BCUT2D eigenvalue weighted by Crippen LogP contribution is -2.11. The van der Waals surface area contributed by atoms with E-state index in [4.69, 9.17) is 5.14 Å². The van der Waals surface area contributed by atoms with Crippen LogP contribution in [0.25, 0.3) is 11.1 Å². The zero-order chi connectivity index (χ0) is 13.3. The van der Waals surface area contributed by atoms with Gasteiger partial charge >= 0.3 is 0 Å². The molecule has 0 aliphatic heterocycles. The summed E-state index contributed by atoms with van der Waals surface area (Å²) in [6, 6.07) is 12.5. The van der Waals surface area contributed by atoms with Crippen molar-refractivity contribution in [3.8, 4) is 11.1 Å². The molecule has 94 valence electrons. The Bertz CT molecular complexity index is 696. The first kappa shape index (κ1) is 13.3. The van der Waals surface area contributed by atoms with Gasteiger partial charge in [-0.2, -0.15) is 0 Å². The average molecular weight is 326 g/mol. The van der Waals surface area contributed by atoms with E-state index in [1.165, 1.54) is 6.07 Å².